The number of ketones is 1. The lowest BCUT2D eigenvalue weighted by Crippen LogP contribution is -2.70. The van der Waals surface area contributed by atoms with Crippen LogP contribution in [0.25, 0.3) is 21.8 Å². The molecule has 2 aliphatic carbocycles. The second kappa shape index (κ2) is 14.0. The highest BCUT2D eigenvalue weighted by molar-refractivity contribution is 5.93. The van der Waals surface area contributed by atoms with Gasteiger partial charge in [-0.3, -0.25) is 19.3 Å². The quantitative estimate of drug-likeness (QED) is 0.186. The first-order valence-electron chi connectivity index (χ1n) is 21.0. The number of aromatic nitrogens is 2. The second-order valence-corrected chi connectivity index (χ2v) is 17.8. The molecule has 0 radical (unpaired) electrons. The van der Waals surface area contributed by atoms with Crippen LogP contribution in [0.1, 0.15) is 93.3 Å². The van der Waals surface area contributed by atoms with Crippen LogP contribution in [-0.2, 0) is 42.1 Å². The third-order valence-electron chi connectivity index (χ3n) is 15.4. The van der Waals surface area contributed by atoms with E-state index < -0.39 is 5.41 Å². The molecule has 4 fully saturated rings. The smallest absolute Gasteiger partial charge is 0.319 e. The maximum absolute atomic E-state index is 14.5. The first-order valence-corrected chi connectivity index (χ1v) is 21.0. The Kier molecular flexibility index (Phi) is 9.39. The monoisotopic (exact) mass is 762 g/mol. The van der Waals surface area contributed by atoms with E-state index in [4.69, 9.17) is 14.2 Å². The highest BCUT2D eigenvalue weighted by atomic mass is 16.5. The van der Waals surface area contributed by atoms with E-state index in [9.17, 15) is 14.4 Å². The van der Waals surface area contributed by atoms with Crippen LogP contribution in [0, 0.1) is 29.6 Å². The van der Waals surface area contributed by atoms with Crippen molar-refractivity contribution in [1.29, 1.82) is 0 Å². The molecule has 10 heteroatoms. The fourth-order valence-corrected chi connectivity index (χ4v) is 13.1. The number of rotatable bonds is 8. The van der Waals surface area contributed by atoms with E-state index in [-0.39, 0.29) is 59.5 Å². The number of hydrogen-bond donors (Lipinski definition) is 2. The summed E-state index contributed by atoms with van der Waals surface area (Å²) in [5.74, 6) is 1.33. The molecule has 2 N–H and O–H groups in total. The summed E-state index contributed by atoms with van der Waals surface area (Å²) in [6.07, 6.45) is 6.42. The van der Waals surface area contributed by atoms with Crippen LogP contribution in [0.2, 0.25) is 0 Å². The number of carbonyl (C=O) groups excluding carboxylic acids is 3. The lowest BCUT2D eigenvalue weighted by Gasteiger charge is -2.61. The molecule has 4 aliphatic heterocycles. The number of methoxy groups -OCH3 is 3. The van der Waals surface area contributed by atoms with Gasteiger partial charge < -0.3 is 29.1 Å². The first kappa shape index (κ1) is 37.4. The molecule has 4 aromatic rings. The molecule has 0 amide bonds. The molecule has 6 bridgehead atoms. The fraction of sp³-hybridized carbons (Fsp3) is 0.587. The number of ether oxygens (including phenoxy) is 3. The lowest BCUT2D eigenvalue weighted by molar-refractivity contribution is -0.169. The number of para-hydroxylation sites is 1. The third-order valence-corrected chi connectivity index (χ3v) is 15.4. The molecule has 56 heavy (non-hydrogen) atoms. The minimum Gasteiger partial charge on any atom is -0.496 e. The number of nitrogens with zero attached hydrogens (tertiary/aromatic N) is 2. The number of fused-ring (bicyclic) bond motifs is 9. The Labute approximate surface area is 330 Å². The van der Waals surface area contributed by atoms with Gasteiger partial charge in [-0.15, -0.1) is 0 Å². The van der Waals surface area contributed by atoms with E-state index in [0.29, 0.717) is 24.7 Å². The van der Waals surface area contributed by atoms with Gasteiger partial charge in [0.2, 0.25) is 0 Å². The van der Waals surface area contributed by atoms with E-state index in [0.717, 1.165) is 85.0 Å². The van der Waals surface area contributed by atoms with E-state index in [1.54, 1.807) is 14.0 Å². The second-order valence-electron chi connectivity index (χ2n) is 17.8. The topological polar surface area (TPSA) is 117 Å². The predicted molar refractivity (Wildman–Crippen MR) is 216 cm³/mol. The summed E-state index contributed by atoms with van der Waals surface area (Å²) in [4.78, 5) is 53.8. The standard InChI is InChI=1S/C46H58N4O6/c1-8-25-17-27-22-46(45(53)56-7)42-29(14-15-50(43(25)46)37(27)16-24(3)51)31-19-32(39(54-5)21-36(31)48-42)33-18-30-26(9-2)23-49(4)38(40(30)44(52)55-6)20-34-28-12-10-11-13-35(28)47-41(33)34/h10-13,19,21,25-27,30,33,37-38,40,43,47-48H,8-9,14-18,20,22-23H2,1-7H3/t25-,26+,27+,30-,33-,37?,38-,40?,43-,46+/m0/s1. The van der Waals surface area contributed by atoms with E-state index in [1.807, 2.05) is 0 Å². The molecule has 3 saturated heterocycles. The number of H-pyrrole nitrogens is 2. The number of likely N-dealkylation sites (N-methyl/N-ethyl adjacent to an activating group) is 1. The maximum Gasteiger partial charge on any atom is 0.319 e. The van der Waals surface area contributed by atoms with Gasteiger partial charge in [-0.25, -0.2) is 0 Å². The van der Waals surface area contributed by atoms with Crippen LogP contribution in [0.15, 0.2) is 36.4 Å². The van der Waals surface area contributed by atoms with Gasteiger partial charge in [-0.1, -0.05) is 44.9 Å². The number of likely N-dealkylation sites (tertiary alicyclic amines) is 1. The van der Waals surface area contributed by atoms with Crippen LogP contribution in [-0.4, -0.2) is 97.1 Å². The van der Waals surface area contributed by atoms with E-state index in [2.05, 4.69) is 77.1 Å². The molecule has 3 unspecified atom stereocenters. The minimum absolute atomic E-state index is 0.0250. The summed E-state index contributed by atoms with van der Waals surface area (Å²) < 4.78 is 17.7. The zero-order valence-electron chi connectivity index (χ0n) is 34.1. The van der Waals surface area contributed by atoms with Gasteiger partial charge in [-0.2, -0.15) is 0 Å². The summed E-state index contributed by atoms with van der Waals surface area (Å²) in [6.45, 7) is 7.90. The van der Waals surface area contributed by atoms with Gasteiger partial charge in [0, 0.05) is 88.4 Å². The molecule has 10 rings (SSSR count). The van der Waals surface area contributed by atoms with Gasteiger partial charge in [-0.05, 0) is 93.0 Å². The molecular formula is C46H58N4O6. The average Bonchev–Trinajstić information content (AvgIpc) is 3.72. The number of piperidine rings is 3. The Morgan fingerprint density at radius 1 is 0.929 bits per heavy atom. The van der Waals surface area contributed by atoms with Crippen molar-refractivity contribution < 1.29 is 28.6 Å². The molecule has 0 spiro atoms. The zero-order valence-corrected chi connectivity index (χ0v) is 34.1. The summed E-state index contributed by atoms with van der Waals surface area (Å²) in [6, 6.07) is 13.1. The first-order chi connectivity index (χ1) is 27.1. The molecule has 2 aromatic heterocycles. The molecular weight excluding hydrogens is 705 g/mol. The highest BCUT2D eigenvalue weighted by Crippen LogP contribution is 2.59. The summed E-state index contributed by atoms with van der Waals surface area (Å²) in [5.41, 5.74) is 6.88. The molecule has 11 atom stereocenters. The number of esters is 2. The molecule has 10 nitrogen and oxygen atoms in total. The van der Waals surface area contributed by atoms with Gasteiger partial charge in [0.1, 0.15) is 16.9 Å². The Hall–Kier alpha value is -4.15. The summed E-state index contributed by atoms with van der Waals surface area (Å²) in [5, 5.41) is 2.30. The van der Waals surface area contributed by atoms with Crippen molar-refractivity contribution in [1.82, 2.24) is 19.8 Å². The van der Waals surface area contributed by atoms with Crippen LogP contribution in [0.3, 0.4) is 0 Å². The Bertz CT molecular complexity index is 2210. The lowest BCUT2D eigenvalue weighted by atomic mass is 9.54. The number of carbonyl (C=O) groups is 3. The van der Waals surface area contributed by atoms with E-state index >= 15 is 0 Å². The number of nitrogens with one attached hydrogen (secondary N) is 2. The van der Waals surface area contributed by atoms with E-state index in [1.165, 1.54) is 36.4 Å². The van der Waals surface area contributed by atoms with Crippen molar-refractivity contribution in [2.75, 3.05) is 41.5 Å². The van der Waals surface area contributed by atoms with Gasteiger partial charge >= 0.3 is 11.9 Å². The third kappa shape index (κ3) is 5.37. The van der Waals surface area contributed by atoms with Gasteiger partial charge in [0.15, 0.2) is 0 Å². The Morgan fingerprint density at radius 3 is 2.43 bits per heavy atom. The van der Waals surface area contributed by atoms with Crippen molar-refractivity contribution in [2.45, 2.75) is 102 Å². The molecule has 298 valence electrons. The fourth-order valence-electron chi connectivity index (χ4n) is 13.1. The van der Waals surface area contributed by atoms with Crippen LogP contribution in [0.4, 0.5) is 0 Å². The van der Waals surface area contributed by atoms with Crippen LogP contribution < -0.4 is 4.74 Å². The number of hydrogen-bond acceptors (Lipinski definition) is 8. The Morgan fingerprint density at radius 2 is 1.71 bits per heavy atom. The molecule has 1 saturated carbocycles. The van der Waals surface area contributed by atoms with Crippen LogP contribution >= 0.6 is 0 Å². The Balaban J connectivity index is 1.26. The van der Waals surface area contributed by atoms with Crippen molar-refractivity contribution in [3.05, 3.63) is 64.5 Å². The van der Waals surface area contributed by atoms with Gasteiger partial charge in [0.05, 0.1) is 27.2 Å². The molecule has 6 heterocycles. The predicted octanol–water partition coefficient (Wildman–Crippen LogP) is 6.92. The van der Waals surface area contributed by atoms with Crippen LogP contribution in [0.5, 0.6) is 5.75 Å². The van der Waals surface area contributed by atoms with Crippen molar-refractivity contribution >= 4 is 39.5 Å². The van der Waals surface area contributed by atoms with Crippen molar-refractivity contribution in [2.24, 2.45) is 29.6 Å². The average molecular weight is 763 g/mol. The van der Waals surface area contributed by atoms with Gasteiger partial charge in [0.25, 0.3) is 0 Å². The number of benzene rings is 2. The maximum atomic E-state index is 14.5. The number of Topliss-reactive ketones (excluding diaryl/α,β-unsaturated/α-hetero) is 1. The largest absolute Gasteiger partial charge is 0.496 e. The van der Waals surface area contributed by atoms with Crippen molar-refractivity contribution in [3.8, 4) is 5.75 Å². The summed E-state index contributed by atoms with van der Waals surface area (Å²) in [7, 11) is 6.98. The molecule has 2 aromatic carbocycles. The minimum atomic E-state index is -0.861. The zero-order chi connectivity index (χ0) is 39.2. The van der Waals surface area contributed by atoms with Crippen molar-refractivity contribution in [3.63, 3.8) is 0 Å². The molecule has 6 aliphatic rings. The SMILES string of the molecule is CC[C@@H]1CN(C)[C@H]2Cc3c([nH]c4ccccc34)[C@H](c3cc4c5c([nH]c4cc3OC)[C@]3(C(=O)OC)C[C@H]4C[C@H](CC)[C@@H]3N(CC5)C4CC(C)=O)C[C@@H]1C2C(=O)OC. The highest BCUT2D eigenvalue weighted by Gasteiger charge is 2.65. The summed E-state index contributed by atoms with van der Waals surface area (Å²) >= 11 is 0. The normalized spacial score (nSPS) is 33.6. The number of aromatic amines is 2.